The molecule has 0 fully saturated rings. The van der Waals surface area contributed by atoms with Crippen molar-refractivity contribution < 1.29 is 49.7 Å². The van der Waals surface area contributed by atoms with E-state index in [9.17, 15) is 40.2 Å². The van der Waals surface area contributed by atoms with Crippen LogP contribution in [0.3, 0.4) is 0 Å². The molecule has 0 aliphatic carbocycles. The average molecular weight is 591 g/mol. The summed E-state index contributed by atoms with van der Waals surface area (Å²) in [5, 5.41) is 66.6. The predicted molar refractivity (Wildman–Crippen MR) is 144 cm³/mol. The van der Waals surface area contributed by atoms with E-state index < -0.39 is 37.1 Å². The van der Waals surface area contributed by atoms with Crippen LogP contribution in [0.25, 0.3) is 23.0 Å². The van der Waals surface area contributed by atoms with Crippen LogP contribution in [0.1, 0.15) is 42.4 Å². The number of carbonyl (C=O) groups is 2. The van der Waals surface area contributed by atoms with Crippen molar-refractivity contribution in [3.63, 3.8) is 0 Å². The molecular weight excluding hydrogens is 560 g/mol. The summed E-state index contributed by atoms with van der Waals surface area (Å²) in [6, 6.07) is 5.30. The fourth-order valence-electron chi connectivity index (χ4n) is 4.47. The first-order valence-electron chi connectivity index (χ1n) is 12.2. The van der Waals surface area contributed by atoms with Gasteiger partial charge in [-0.15, -0.1) is 0 Å². The summed E-state index contributed by atoms with van der Waals surface area (Å²) < 4.78 is 13.0. The van der Waals surface area contributed by atoms with Gasteiger partial charge in [0.2, 0.25) is 5.91 Å². The van der Waals surface area contributed by atoms with Crippen molar-refractivity contribution in [3.8, 4) is 28.4 Å². The number of nitrogens with zero attached hydrogens (tertiary/aromatic N) is 4. The molecule has 2 aromatic heterocycles. The highest BCUT2D eigenvalue weighted by molar-refractivity contribution is 7.08. The number of allylic oxidation sites excluding steroid dienone is 1. The van der Waals surface area contributed by atoms with Gasteiger partial charge in [0, 0.05) is 48.2 Å². The largest absolute Gasteiger partial charge is 0.496 e. The molecule has 0 radical (unpaired) electrons. The zero-order valence-electron chi connectivity index (χ0n) is 22.6. The number of aromatic nitrogens is 2. The quantitative estimate of drug-likeness (QED) is 0.189. The molecule has 2 amide bonds. The molecule has 1 aliphatic heterocycles. The van der Waals surface area contributed by atoms with Crippen LogP contribution in [0.4, 0.5) is 0 Å². The zero-order valence-corrected chi connectivity index (χ0v) is 23.4. The predicted octanol–water partition coefficient (Wildman–Crippen LogP) is 0.392. The molecule has 0 spiro atoms. The van der Waals surface area contributed by atoms with Crippen LogP contribution in [0.2, 0.25) is 0 Å². The molecular formula is C26H30N4O10S. The summed E-state index contributed by atoms with van der Waals surface area (Å²) in [6.07, 6.45) is -5.45. The van der Waals surface area contributed by atoms with E-state index in [1.54, 1.807) is 17.5 Å². The van der Waals surface area contributed by atoms with Crippen molar-refractivity contribution in [2.75, 3.05) is 20.2 Å². The van der Waals surface area contributed by atoms with Crippen LogP contribution in [0.15, 0.2) is 34.5 Å². The van der Waals surface area contributed by atoms with Crippen molar-refractivity contribution in [3.05, 3.63) is 51.4 Å². The molecule has 14 nitrogen and oxygen atoms in total. The van der Waals surface area contributed by atoms with Crippen LogP contribution in [0, 0.1) is 0 Å². The zero-order chi connectivity index (χ0) is 30.3. The first-order chi connectivity index (χ1) is 19.1. The number of aliphatic hydroxyl groups is 6. The van der Waals surface area contributed by atoms with E-state index in [4.69, 9.17) is 9.47 Å². The molecule has 0 unspecified atom stereocenters. The van der Waals surface area contributed by atoms with Gasteiger partial charge in [-0.05, 0) is 31.4 Å². The second kappa shape index (κ2) is 11.2. The lowest BCUT2D eigenvalue weighted by Crippen LogP contribution is -2.58. The van der Waals surface area contributed by atoms with E-state index in [1.807, 2.05) is 31.4 Å². The first-order valence-corrected chi connectivity index (χ1v) is 13.2. The lowest BCUT2D eigenvalue weighted by Gasteiger charge is -2.34. The van der Waals surface area contributed by atoms with Gasteiger partial charge >= 0.3 is 12.2 Å². The third kappa shape index (κ3) is 6.11. The number of carbonyl (C=O) groups excluding carboxylic acids is 2. The van der Waals surface area contributed by atoms with Crippen molar-refractivity contribution in [1.29, 1.82) is 0 Å². The third-order valence-electron chi connectivity index (χ3n) is 6.24. The Bertz CT molecular complexity index is 1480. The van der Waals surface area contributed by atoms with Crippen molar-refractivity contribution in [1.82, 2.24) is 19.6 Å². The fourth-order valence-corrected chi connectivity index (χ4v) is 5.08. The maximum atomic E-state index is 13.7. The standard InChI is InChI=1S/C26H30N4O10S/c1-14(2)9-16-10-18-21(11-20(16)39-4)40-12-19-22(27-30(23(18)19)17-5-8-41-13-17)24(32)29(26(36,37)38)7-6-28(15(3)31)25(33,34)35/h5,8-11,13,33-38H,6-7,12H2,1-4H3. The van der Waals surface area contributed by atoms with Crippen LogP contribution in [0.5, 0.6) is 11.5 Å². The average Bonchev–Trinajstić information content (AvgIpc) is 3.52. The van der Waals surface area contributed by atoms with Crippen molar-refractivity contribution in [2.45, 2.75) is 39.6 Å². The Hall–Kier alpha value is -3.83. The normalized spacial score (nSPS) is 12.6. The molecule has 15 heteroatoms. The third-order valence-corrected chi connectivity index (χ3v) is 6.91. The topological polar surface area (TPSA) is 198 Å². The van der Waals surface area contributed by atoms with E-state index in [0.29, 0.717) is 28.4 Å². The van der Waals surface area contributed by atoms with Crippen molar-refractivity contribution >= 4 is 29.2 Å². The van der Waals surface area contributed by atoms with Crippen molar-refractivity contribution in [2.24, 2.45) is 0 Å². The lowest BCUT2D eigenvalue weighted by molar-refractivity contribution is -0.392. The molecule has 0 saturated heterocycles. The molecule has 0 atom stereocenters. The number of hydrogen-bond acceptors (Lipinski definition) is 12. The van der Waals surface area contributed by atoms with Gasteiger partial charge < -0.3 is 40.1 Å². The Morgan fingerprint density at radius 2 is 1.76 bits per heavy atom. The summed E-state index contributed by atoms with van der Waals surface area (Å²) in [5.74, 6) is -1.19. The van der Waals surface area contributed by atoms with Gasteiger partial charge in [-0.3, -0.25) is 19.4 Å². The Morgan fingerprint density at radius 1 is 1.10 bits per heavy atom. The van der Waals surface area contributed by atoms with Gasteiger partial charge in [0.15, 0.2) is 5.69 Å². The maximum absolute atomic E-state index is 13.7. The summed E-state index contributed by atoms with van der Waals surface area (Å²) in [7, 11) is 1.53. The number of methoxy groups -OCH3 is 1. The van der Waals surface area contributed by atoms with E-state index in [-0.39, 0.29) is 27.7 Å². The van der Waals surface area contributed by atoms with Crippen LogP contribution < -0.4 is 9.47 Å². The number of hydrogen-bond donors (Lipinski definition) is 6. The van der Waals surface area contributed by atoms with Crippen LogP contribution >= 0.6 is 11.3 Å². The Kier molecular flexibility index (Phi) is 8.24. The van der Waals surface area contributed by atoms with E-state index >= 15 is 0 Å². The molecule has 220 valence electrons. The summed E-state index contributed by atoms with van der Waals surface area (Å²) >= 11 is 1.38. The van der Waals surface area contributed by atoms with Gasteiger partial charge in [0.05, 0.1) is 18.5 Å². The summed E-state index contributed by atoms with van der Waals surface area (Å²) in [5.41, 5.74) is 3.34. The minimum Gasteiger partial charge on any atom is -0.496 e. The monoisotopic (exact) mass is 590 g/mol. The Morgan fingerprint density at radius 3 is 2.29 bits per heavy atom. The molecule has 3 aromatic rings. The van der Waals surface area contributed by atoms with Gasteiger partial charge in [-0.1, -0.05) is 11.6 Å². The lowest BCUT2D eigenvalue weighted by atomic mass is 9.98. The molecule has 0 bridgehead atoms. The molecule has 3 heterocycles. The van der Waals surface area contributed by atoms with Gasteiger partial charge in [0.25, 0.3) is 5.91 Å². The smallest absolute Gasteiger partial charge is 0.372 e. The number of benzene rings is 1. The number of ether oxygens (including phenoxy) is 2. The molecule has 1 aromatic carbocycles. The number of thiophene rings is 1. The minimum atomic E-state index is -3.75. The second-order valence-electron chi connectivity index (χ2n) is 9.50. The number of rotatable bonds is 9. The number of fused-ring (bicyclic) bond motifs is 3. The second-order valence-corrected chi connectivity index (χ2v) is 10.3. The minimum absolute atomic E-state index is 0.135. The molecule has 1 aliphatic rings. The van der Waals surface area contributed by atoms with Gasteiger partial charge in [-0.25, -0.2) is 4.68 Å². The summed E-state index contributed by atoms with van der Waals surface area (Å²) in [6.45, 7) is 2.92. The fraction of sp³-hybridized carbons (Fsp3) is 0.346. The molecule has 0 saturated carbocycles. The molecule has 41 heavy (non-hydrogen) atoms. The first kappa shape index (κ1) is 30.1. The van der Waals surface area contributed by atoms with Crippen LogP contribution in [-0.4, -0.2) is 94.4 Å². The molecule has 6 N–H and O–H groups in total. The summed E-state index contributed by atoms with van der Waals surface area (Å²) in [4.78, 5) is 25.8. The Labute approximate surface area is 238 Å². The van der Waals surface area contributed by atoms with E-state index in [0.717, 1.165) is 18.1 Å². The SMILES string of the molecule is COc1cc2c(cc1C=C(C)C)-c1c(c(C(=O)N(CCN(C(C)=O)C(O)(O)O)C(O)(O)O)nn1-c1ccsc1)CO2. The Balaban J connectivity index is 1.86. The highest BCUT2D eigenvalue weighted by atomic mass is 32.1. The maximum Gasteiger partial charge on any atom is 0.372 e. The number of amides is 2. The van der Waals surface area contributed by atoms with Crippen LogP contribution in [-0.2, 0) is 11.4 Å². The van der Waals surface area contributed by atoms with E-state index in [2.05, 4.69) is 5.10 Å². The van der Waals surface area contributed by atoms with E-state index in [1.165, 1.54) is 23.1 Å². The van der Waals surface area contributed by atoms with Gasteiger partial charge in [0.1, 0.15) is 18.1 Å². The van der Waals surface area contributed by atoms with Gasteiger partial charge in [-0.2, -0.15) is 16.4 Å². The molecule has 4 rings (SSSR count). The highest BCUT2D eigenvalue weighted by Gasteiger charge is 2.41. The highest BCUT2D eigenvalue weighted by Crippen LogP contribution is 2.44.